The summed E-state index contributed by atoms with van der Waals surface area (Å²) in [5, 5.41) is 0.424. The summed E-state index contributed by atoms with van der Waals surface area (Å²) in [5.41, 5.74) is 12.4. The molecule has 0 spiro atoms. The van der Waals surface area contributed by atoms with Crippen LogP contribution in [0.25, 0.3) is 6.08 Å². The molecule has 0 amide bonds. The quantitative estimate of drug-likeness (QED) is 0.725. The second kappa shape index (κ2) is 4.84. The highest BCUT2D eigenvalue weighted by molar-refractivity contribution is 6.31. The van der Waals surface area contributed by atoms with E-state index in [-0.39, 0.29) is 0 Å². The number of hydrogen-bond donors (Lipinski definition) is 2. The topological polar surface area (TPSA) is 64.9 Å². The van der Waals surface area contributed by atoms with Crippen LogP contribution in [-0.2, 0) is 0 Å². The Morgan fingerprint density at radius 1 is 1.54 bits per heavy atom. The van der Waals surface area contributed by atoms with Crippen molar-refractivity contribution in [3.63, 3.8) is 0 Å². The average molecular weight is 198 g/mol. The van der Waals surface area contributed by atoms with Crippen LogP contribution in [0.1, 0.15) is 12.0 Å². The summed E-state index contributed by atoms with van der Waals surface area (Å²) < 4.78 is 0. The number of nitrogens with two attached hydrogens (primary N) is 2. The van der Waals surface area contributed by atoms with E-state index in [1.807, 2.05) is 12.2 Å². The van der Waals surface area contributed by atoms with E-state index < -0.39 is 0 Å². The predicted octanol–water partition coefficient (Wildman–Crippen LogP) is 1.68. The van der Waals surface area contributed by atoms with Gasteiger partial charge < -0.3 is 11.5 Å². The van der Waals surface area contributed by atoms with Crippen LogP contribution in [0.3, 0.4) is 0 Å². The molecule has 0 atom stereocenters. The molecule has 0 bridgehead atoms. The molecule has 0 aliphatic rings. The highest BCUT2D eigenvalue weighted by atomic mass is 35.5. The molecule has 0 unspecified atom stereocenters. The third-order valence-electron chi connectivity index (χ3n) is 1.59. The molecule has 0 aliphatic carbocycles. The number of rotatable bonds is 3. The second-order valence-electron chi connectivity index (χ2n) is 2.58. The molecule has 0 saturated heterocycles. The SMILES string of the molecule is NCCC=Cc1c(N)ccnc1Cl. The zero-order valence-electron chi connectivity index (χ0n) is 7.20. The van der Waals surface area contributed by atoms with E-state index in [0.717, 1.165) is 12.0 Å². The van der Waals surface area contributed by atoms with Crippen LogP contribution >= 0.6 is 11.6 Å². The van der Waals surface area contributed by atoms with Gasteiger partial charge in [-0.15, -0.1) is 0 Å². The Kier molecular flexibility index (Phi) is 3.73. The van der Waals surface area contributed by atoms with E-state index in [4.69, 9.17) is 23.1 Å². The fourth-order valence-electron chi connectivity index (χ4n) is 0.924. The summed E-state index contributed by atoms with van der Waals surface area (Å²) in [7, 11) is 0. The van der Waals surface area contributed by atoms with Crippen LogP contribution in [0, 0.1) is 0 Å². The maximum Gasteiger partial charge on any atom is 0.138 e. The molecule has 1 rings (SSSR count). The maximum atomic E-state index is 5.83. The van der Waals surface area contributed by atoms with Crippen molar-refractivity contribution in [2.24, 2.45) is 5.73 Å². The summed E-state index contributed by atoms with van der Waals surface area (Å²) in [5.74, 6) is 0. The minimum absolute atomic E-state index is 0.424. The van der Waals surface area contributed by atoms with Crippen molar-refractivity contribution in [1.29, 1.82) is 0 Å². The van der Waals surface area contributed by atoms with E-state index in [2.05, 4.69) is 4.98 Å². The molecule has 0 aliphatic heterocycles. The van der Waals surface area contributed by atoms with E-state index >= 15 is 0 Å². The van der Waals surface area contributed by atoms with Crippen LogP contribution < -0.4 is 11.5 Å². The van der Waals surface area contributed by atoms with E-state index in [9.17, 15) is 0 Å². The molecular formula is C9H12ClN3. The first kappa shape index (κ1) is 10.0. The van der Waals surface area contributed by atoms with Gasteiger partial charge in [0.2, 0.25) is 0 Å². The number of halogens is 1. The van der Waals surface area contributed by atoms with Crippen LogP contribution in [-0.4, -0.2) is 11.5 Å². The van der Waals surface area contributed by atoms with Crippen molar-refractivity contribution in [3.8, 4) is 0 Å². The Morgan fingerprint density at radius 3 is 2.92 bits per heavy atom. The van der Waals surface area contributed by atoms with Gasteiger partial charge in [0.05, 0.1) is 0 Å². The summed E-state index contributed by atoms with van der Waals surface area (Å²) in [6.45, 7) is 0.619. The molecule has 1 aromatic heterocycles. The second-order valence-corrected chi connectivity index (χ2v) is 2.94. The normalized spacial score (nSPS) is 10.9. The fraction of sp³-hybridized carbons (Fsp3) is 0.222. The smallest absolute Gasteiger partial charge is 0.138 e. The van der Waals surface area contributed by atoms with Gasteiger partial charge in [0.1, 0.15) is 5.15 Å². The molecule has 4 heteroatoms. The van der Waals surface area contributed by atoms with Gasteiger partial charge in [-0.2, -0.15) is 0 Å². The summed E-state index contributed by atoms with van der Waals surface area (Å²) >= 11 is 5.83. The number of hydrogen-bond acceptors (Lipinski definition) is 3. The van der Waals surface area contributed by atoms with Crippen molar-refractivity contribution >= 4 is 23.4 Å². The lowest BCUT2D eigenvalue weighted by Crippen LogP contribution is -1.95. The number of nitrogen functional groups attached to an aromatic ring is 1. The third kappa shape index (κ3) is 2.72. The number of aromatic nitrogens is 1. The molecule has 0 aromatic carbocycles. The minimum atomic E-state index is 0.424. The lowest BCUT2D eigenvalue weighted by atomic mass is 10.2. The molecule has 3 nitrogen and oxygen atoms in total. The van der Waals surface area contributed by atoms with Crippen molar-refractivity contribution in [2.75, 3.05) is 12.3 Å². The largest absolute Gasteiger partial charge is 0.398 e. The molecule has 4 N–H and O–H groups in total. The van der Waals surface area contributed by atoms with Crippen LogP contribution in [0.15, 0.2) is 18.3 Å². The Bertz CT molecular complexity index is 289. The van der Waals surface area contributed by atoms with Crippen molar-refractivity contribution in [2.45, 2.75) is 6.42 Å². The first-order chi connectivity index (χ1) is 6.25. The monoisotopic (exact) mass is 197 g/mol. The van der Waals surface area contributed by atoms with Crippen molar-refractivity contribution in [3.05, 3.63) is 29.1 Å². The van der Waals surface area contributed by atoms with Gasteiger partial charge in [-0.05, 0) is 19.0 Å². The number of anilines is 1. The molecule has 0 saturated carbocycles. The zero-order chi connectivity index (χ0) is 9.68. The maximum absolute atomic E-state index is 5.83. The van der Waals surface area contributed by atoms with Crippen LogP contribution in [0.4, 0.5) is 5.69 Å². The Balaban J connectivity index is 2.87. The summed E-state index contributed by atoms with van der Waals surface area (Å²) in [6.07, 6.45) is 6.17. The van der Waals surface area contributed by atoms with Gasteiger partial charge in [0, 0.05) is 17.4 Å². The van der Waals surface area contributed by atoms with Gasteiger partial charge >= 0.3 is 0 Å². The lowest BCUT2D eigenvalue weighted by molar-refractivity contribution is 1.01. The Hall–Kier alpha value is -1.06. The van der Waals surface area contributed by atoms with E-state index in [0.29, 0.717) is 17.4 Å². The molecule has 1 heterocycles. The molecule has 13 heavy (non-hydrogen) atoms. The minimum Gasteiger partial charge on any atom is -0.398 e. The van der Waals surface area contributed by atoms with Gasteiger partial charge in [0.25, 0.3) is 0 Å². The average Bonchev–Trinajstić information content (AvgIpc) is 2.10. The summed E-state index contributed by atoms with van der Waals surface area (Å²) in [6, 6.07) is 1.72. The highest BCUT2D eigenvalue weighted by Crippen LogP contribution is 2.20. The van der Waals surface area contributed by atoms with Crippen LogP contribution in [0.5, 0.6) is 0 Å². The Labute approximate surface area is 82.4 Å². The summed E-state index contributed by atoms with van der Waals surface area (Å²) in [4.78, 5) is 3.92. The fourth-order valence-corrected chi connectivity index (χ4v) is 1.15. The number of pyridine rings is 1. The van der Waals surface area contributed by atoms with Gasteiger partial charge in [-0.3, -0.25) is 0 Å². The molecule has 1 aromatic rings. The zero-order valence-corrected chi connectivity index (χ0v) is 7.96. The Morgan fingerprint density at radius 2 is 2.31 bits per heavy atom. The van der Waals surface area contributed by atoms with Gasteiger partial charge in [0.15, 0.2) is 0 Å². The van der Waals surface area contributed by atoms with E-state index in [1.54, 1.807) is 12.3 Å². The number of nitrogens with zero attached hydrogens (tertiary/aromatic N) is 1. The predicted molar refractivity (Wildman–Crippen MR) is 56.4 cm³/mol. The molecule has 0 radical (unpaired) electrons. The van der Waals surface area contributed by atoms with Crippen molar-refractivity contribution in [1.82, 2.24) is 4.98 Å². The molecule has 0 fully saturated rings. The first-order valence-corrected chi connectivity index (χ1v) is 4.40. The van der Waals surface area contributed by atoms with Gasteiger partial charge in [-0.25, -0.2) is 4.98 Å². The lowest BCUT2D eigenvalue weighted by Gasteiger charge is -2.00. The van der Waals surface area contributed by atoms with Crippen molar-refractivity contribution < 1.29 is 0 Å². The van der Waals surface area contributed by atoms with E-state index in [1.165, 1.54) is 0 Å². The first-order valence-electron chi connectivity index (χ1n) is 4.02. The standard InChI is InChI=1S/C9H12ClN3/c10-9-7(3-1-2-5-11)8(12)4-6-13-9/h1,3-4,6H,2,5,11H2,(H2,12,13). The van der Waals surface area contributed by atoms with Crippen LogP contribution in [0.2, 0.25) is 5.15 Å². The molecule has 70 valence electrons. The third-order valence-corrected chi connectivity index (χ3v) is 1.89. The van der Waals surface area contributed by atoms with Gasteiger partial charge in [-0.1, -0.05) is 23.8 Å². The molecular weight excluding hydrogens is 186 g/mol. The highest BCUT2D eigenvalue weighted by Gasteiger charge is 2.00.